The van der Waals surface area contributed by atoms with Gasteiger partial charge in [-0.15, -0.1) is 10.2 Å². The van der Waals surface area contributed by atoms with Gasteiger partial charge in [0, 0.05) is 37.3 Å². The second-order valence-corrected chi connectivity index (χ2v) is 8.64. The van der Waals surface area contributed by atoms with Gasteiger partial charge in [0.15, 0.2) is 5.82 Å². The molecule has 34 heavy (non-hydrogen) atoms. The molecule has 1 amide bonds. The maximum atomic E-state index is 13.1. The number of carbonyl (C=O) groups excluding carboxylic acids is 1. The van der Waals surface area contributed by atoms with Gasteiger partial charge in [0.1, 0.15) is 0 Å². The number of aromatic nitrogens is 2. The van der Waals surface area contributed by atoms with Crippen LogP contribution in [0.4, 0.5) is 5.82 Å². The fourth-order valence-electron chi connectivity index (χ4n) is 4.73. The average molecular weight is 445 g/mol. The number of carbonyl (C=O) groups is 1. The van der Waals surface area contributed by atoms with Gasteiger partial charge in [-0.05, 0) is 45.8 Å². The van der Waals surface area contributed by atoms with E-state index < -0.39 is 0 Å². The van der Waals surface area contributed by atoms with Crippen LogP contribution >= 0.6 is 0 Å². The maximum Gasteiger partial charge on any atom is 0.253 e. The van der Waals surface area contributed by atoms with Crippen LogP contribution in [0.2, 0.25) is 0 Å². The highest BCUT2D eigenvalue weighted by atomic mass is 16.2. The van der Waals surface area contributed by atoms with Crippen LogP contribution in [0.15, 0.2) is 97.1 Å². The molecule has 0 bridgehead atoms. The Balaban J connectivity index is 1.15. The minimum atomic E-state index is 0.0859. The number of hydrogen-bond acceptors (Lipinski definition) is 4. The van der Waals surface area contributed by atoms with E-state index in [1.165, 1.54) is 10.8 Å². The lowest BCUT2D eigenvalue weighted by atomic mass is 10.0. The normalized spacial score (nSPS) is 14.0. The lowest BCUT2D eigenvalue weighted by molar-refractivity contribution is 0.0746. The second-order valence-electron chi connectivity index (χ2n) is 8.64. The van der Waals surface area contributed by atoms with Crippen LogP contribution in [-0.4, -0.2) is 47.2 Å². The number of fused-ring (bicyclic) bond motifs is 2. The van der Waals surface area contributed by atoms with Crippen molar-refractivity contribution in [2.24, 2.45) is 0 Å². The molecular weight excluding hydrogens is 420 g/mol. The van der Waals surface area contributed by atoms with Crippen LogP contribution in [0.5, 0.6) is 0 Å². The van der Waals surface area contributed by atoms with Gasteiger partial charge in [-0.3, -0.25) is 4.79 Å². The summed E-state index contributed by atoms with van der Waals surface area (Å²) >= 11 is 0. The molecule has 1 fully saturated rings. The predicted octanol–water partition coefficient (Wildman–Crippen LogP) is 5.41. The summed E-state index contributed by atoms with van der Waals surface area (Å²) in [6, 6.07) is 32.7. The van der Waals surface area contributed by atoms with Crippen molar-refractivity contribution in [1.82, 2.24) is 15.1 Å². The van der Waals surface area contributed by atoms with E-state index in [1.807, 2.05) is 65.6 Å². The average Bonchev–Trinajstić information content (AvgIpc) is 2.92. The first-order valence-electron chi connectivity index (χ1n) is 11.6. The Morgan fingerprint density at radius 3 is 2.18 bits per heavy atom. The van der Waals surface area contributed by atoms with Crippen LogP contribution in [0, 0.1) is 0 Å². The van der Waals surface area contributed by atoms with E-state index in [4.69, 9.17) is 0 Å². The first kappa shape index (κ1) is 20.4. The van der Waals surface area contributed by atoms with Gasteiger partial charge in [-0.1, -0.05) is 72.8 Å². The maximum absolute atomic E-state index is 13.1. The van der Waals surface area contributed by atoms with E-state index in [1.54, 1.807) is 0 Å². The molecule has 6 rings (SSSR count). The zero-order valence-electron chi connectivity index (χ0n) is 18.8. The molecule has 0 N–H and O–H groups in total. The van der Waals surface area contributed by atoms with Gasteiger partial charge >= 0.3 is 0 Å². The van der Waals surface area contributed by atoms with Crippen LogP contribution in [0.3, 0.4) is 0 Å². The molecule has 1 saturated heterocycles. The number of benzene rings is 4. The molecule has 166 valence electrons. The summed E-state index contributed by atoms with van der Waals surface area (Å²) in [6.07, 6.45) is 0. The van der Waals surface area contributed by atoms with Gasteiger partial charge in [0.2, 0.25) is 0 Å². The summed E-state index contributed by atoms with van der Waals surface area (Å²) in [4.78, 5) is 17.2. The Labute approximate surface area is 198 Å². The minimum absolute atomic E-state index is 0.0859. The van der Waals surface area contributed by atoms with Gasteiger partial charge in [0.25, 0.3) is 5.91 Å². The number of piperazine rings is 1. The second kappa shape index (κ2) is 8.60. The van der Waals surface area contributed by atoms with Crippen molar-refractivity contribution in [2.45, 2.75) is 0 Å². The largest absolute Gasteiger partial charge is 0.352 e. The Kier molecular flexibility index (Phi) is 5.15. The van der Waals surface area contributed by atoms with Crippen molar-refractivity contribution in [3.05, 3.63) is 103 Å². The SMILES string of the molecule is O=C(c1ccc2ccccc2c1)N1CCN(c2ccc(-c3cccc4ccccc34)nn2)CC1. The van der Waals surface area contributed by atoms with Crippen LogP contribution in [0.1, 0.15) is 10.4 Å². The molecule has 0 spiro atoms. The summed E-state index contributed by atoms with van der Waals surface area (Å²) in [7, 11) is 0. The molecule has 0 unspecified atom stereocenters. The first-order valence-corrected chi connectivity index (χ1v) is 11.6. The Morgan fingerprint density at radius 2 is 1.38 bits per heavy atom. The van der Waals surface area contributed by atoms with Crippen molar-refractivity contribution in [3.8, 4) is 11.3 Å². The molecule has 1 aliphatic rings. The monoisotopic (exact) mass is 444 g/mol. The van der Waals surface area contributed by atoms with Gasteiger partial charge in [-0.2, -0.15) is 0 Å². The van der Waals surface area contributed by atoms with Crippen molar-refractivity contribution in [1.29, 1.82) is 0 Å². The molecule has 0 atom stereocenters. The lowest BCUT2D eigenvalue weighted by Crippen LogP contribution is -2.49. The highest BCUT2D eigenvalue weighted by molar-refractivity contribution is 5.99. The molecule has 5 nitrogen and oxygen atoms in total. The smallest absolute Gasteiger partial charge is 0.253 e. The Bertz CT molecular complexity index is 1480. The number of amides is 1. The molecule has 4 aromatic carbocycles. The van der Waals surface area contributed by atoms with Crippen molar-refractivity contribution in [3.63, 3.8) is 0 Å². The molecule has 1 aliphatic heterocycles. The standard InChI is InChI=1S/C29H24N4O/c34-29(24-13-12-21-6-1-2-8-23(21)20-24)33-18-16-32(17-19-33)28-15-14-27(30-31-28)26-11-5-9-22-7-3-4-10-25(22)26/h1-15,20H,16-19H2. The Morgan fingerprint density at radius 1 is 0.647 bits per heavy atom. The van der Waals surface area contributed by atoms with Crippen molar-refractivity contribution >= 4 is 33.3 Å². The van der Waals surface area contributed by atoms with Crippen molar-refractivity contribution in [2.75, 3.05) is 31.1 Å². The van der Waals surface area contributed by atoms with E-state index in [0.29, 0.717) is 13.1 Å². The topological polar surface area (TPSA) is 49.3 Å². The Hall–Kier alpha value is -4.25. The summed E-state index contributed by atoms with van der Waals surface area (Å²) in [6.45, 7) is 2.81. The first-order chi connectivity index (χ1) is 16.8. The van der Waals surface area contributed by atoms with Crippen molar-refractivity contribution < 1.29 is 4.79 Å². The number of anilines is 1. The van der Waals surface area contributed by atoms with Gasteiger partial charge < -0.3 is 9.80 Å². The molecule has 0 aliphatic carbocycles. The van der Waals surface area contributed by atoms with E-state index in [9.17, 15) is 4.79 Å². The zero-order chi connectivity index (χ0) is 22.9. The van der Waals surface area contributed by atoms with E-state index in [2.05, 4.69) is 51.5 Å². The van der Waals surface area contributed by atoms with E-state index in [0.717, 1.165) is 46.5 Å². The predicted molar refractivity (Wildman–Crippen MR) is 137 cm³/mol. The zero-order valence-corrected chi connectivity index (χ0v) is 18.8. The van der Waals surface area contributed by atoms with E-state index >= 15 is 0 Å². The molecule has 0 saturated carbocycles. The molecule has 5 heteroatoms. The third-order valence-corrected chi connectivity index (χ3v) is 6.60. The molecule has 2 heterocycles. The lowest BCUT2D eigenvalue weighted by Gasteiger charge is -2.35. The fraction of sp³-hybridized carbons (Fsp3) is 0.138. The molecule has 5 aromatic rings. The summed E-state index contributed by atoms with van der Waals surface area (Å²) in [5.74, 6) is 0.935. The summed E-state index contributed by atoms with van der Waals surface area (Å²) in [5.41, 5.74) is 2.69. The number of rotatable bonds is 3. The van der Waals surface area contributed by atoms with Crippen LogP contribution in [-0.2, 0) is 0 Å². The molecular formula is C29H24N4O. The third-order valence-electron chi connectivity index (χ3n) is 6.60. The summed E-state index contributed by atoms with van der Waals surface area (Å²) < 4.78 is 0. The highest BCUT2D eigenvalue weighted by Crippen LogP contribution is 2.27. The summed E-state index contributed by atoms with van der Waals surface area (Å²) in [5, 5.41) is 13.7. The van der Waals surface area contributed by atoms with Gasteiger partial charge in [-0.25, -0.2) is 0 Å². The fourth-order valence-corrected chi connectivity index (χ4v) is 4.73. The quantitative estimate of drug-likeness (QED) is 0.373. The number of nitrogens with zero attached hydrogens (tertiary/aromatic N) is 4. The van der Waals surface area contributed by atoms with Gasteiger partial charge in [0.05, 0.1) is 5.69 Å². The number of hydrogen-bond donors (Lipinski definition) is 0. The molecule has 0 radical (unpaired) electrons. The van der Waals surface area contributed by atoms with Crippen LogP contribution in [0.25, 0.3) is 32.8 Å². The highest BCUT2D eigenvalue weighted by Gasteiger charge is 2.23. The minimum Gasteiger partial charge on any atom is -0.352 e. The molecule has 1 aromatic heterocycles. The van der Waals surface area contributed by atoms with Crippen LogP contribution < -0.4 is 4.90 Å². The van der Waals surface area contributed by atoms with E-state index in [-0.39, 0.29) is 5.91 Å². The third kappa shape index (κ3) is 3.75.